The average Bonchev–Trinajstić information content (AvgIpc) is 2.45. The first-order chi connectivity index (χ1) is 10.6. The molecule has 0 saturated heterocycles. The van der Waals surface area contributed by atoms with Gasteiger partial charge in [-0.05, 0) is 19.1 Å². The predicted molar refractivity (Wildman–Crippen MR) is 77.6 cm³/mol. The third kappa shape index (κ3) is 3.25. The van der Waals surface area contributed by atoms with E-state index in [2.05, 4.69) is 5.10 Å². The number of hydrogen-bond donors (Lipinski definition) is 0. The standard InChI is InChI=1S/C15H14F3N3O2/c1-9-8-12(22)13(14(23)20(2)3)19-21(9)11-7-5-4-6-10(11)15(16,17)18/h4-8H,1-3H3. The molecular formula is C15H14F3N3O2. The molecule has 23 heavy (non-hydrogen) atoms. The molecule has 2 rings (SSSR count). The quantitative estimate of drug-likeness (QED) is 0.851. The molecule has 0 unspecified atom stereocenters. The monoisotopic (exact) mass is 325 g/mol. The van der Waals surface area contributed by atoms with Gasteiger partial charge in [0.1, 0.15) is 0 Å². The molecule has 1 aromatic heterocycles. The van der Waals surface area contributed by atoms with Crippen LogP contribution in [-0.4, -0.2) is 34.7 Å². The first-order valence-corrected chi connectivity index (χ1v) is 6.62. The maximum Gasteiger partial charge on any atom is 0.418 e. The minimum atomic E-state index is -4.58. The van der Waals surface area contributed by atoms with Crippen LogP contribution in [0.25, 0.3) is 5.69 Å². The second kappa shape index (κ2) is 5.86. The number of aromatic nitrogens is 2. The van der Waals surface area contributed by atoms with Crippen LogP contribution in [0.15, 0.2) is 35.1 Å². The maximum atomic E-state index is 13.2. The summed E-state index contributed by atoms with van der Waals surface area (Å²) in [5.41, 5.74) is -2.02. The molecule has 0 bridgehead atoms. The van der Waals surface area contributed by atoms with Gasteiger partial charge in [0, 0.05) is 25.9 Å². The van der Waals surface area contributed by atoms with Gasteiger partial charge in [0.05, 0.1) is 11.3 Å². The summed E-state index contributed by atoms with van der Waals surface area (Å²) in [6.07, 6.45) is -4.58. The zero-order chi connectivity index (χ0) is 17.4. The summed E-state index contributed by atoms with van der Waals surface area (Å²) < 4.78 is 40.4. The Labute approximate surface area is 130 Å². The van der Waals surface area contributed by atoms with Gasteiger partial charge in [0.15, 0.2) is 5.69 Å². The number of amides is 1. The summed E-state index contributed by atoms with van der Waals surface area (Å²) in [6.45, 7) is 1.45. The van der Waals surface area contributed by atoms with Gasteiger partial charge in [0.2, 0.25) is 5.43 Å². The Morgan fingerprint density at radius 3 is 2.39 bits per heavy atom. The number of benzene rings is 1. The number of carbonyl (C=O) groups excluding carboxylic acids is 1. The Bertz CT molecular complexity index is 810. The fourth-order valence-corrected chi connectivity index (χ4v) is 2.05. The summed E-state index contributed by atoms with van der Waals surface area (Å²) in [5, 5.41) is 3.85. The van der Waals surface area contributed by atoms with Crippen molar-refractivity contribution in [2.45, 2.75) is 13.1 Å². The smallest absolute Gasteiger partial charge is 0.343 e. The minimum absolute atomic E-state index is 0.196. The van der Waals surface area contributed by atoms with Crippen LogP contribution in [0.4, 0.5) is 13.2 Å². The molecule has 0 fully saturated rings. The molecule has 0 spiro atoms. The third-order valence-electron chi connectivity index (χ3n) is 3.15. The number of rotatable bonds is 2. The van der Waals surface area contributed by atoms with Crippen LogP contribution in [0.5, 0.6) is 0 Å². The van der Waals surface area contributed by atoms with Crippen LogP contribution in [0, 0.1) is 6.92 Å². The first kappa shape index (κ1) is 16.7. The van der Waals surface area contributed by atoms with Crippen LogP contribution in [0.3, 0.4) is 0 Å². The van der Waals surface area contributed by atoms with E-state index in [0.29, 0.717) is 0 Å². The van der Waals surface area contributed by atoms with Crippen molar-refractivity contribution in [3.05, 3.63) is 57.5 Å². The lowest BCUT2D eigenvalue weighted by Gasteiger charge is -2.17. The summed E-state index contributed by atoms with van der Waals surface area (Å²) in [5.74, 6) is -0.673. The van der Waals surface area contributed by atoms with E-state index in [1.807, 2.05) is 0 Å². The molecule has 1 heterocycles. The molecular weight excluding hydrogens is 311 g/mol. The minimum Gasteiger partial charge on any atom is -0.343 e. The van der Waals surface area contributed by atoms with Crippen molar-refractivity contribution in [2.75, 3.05) is 14.1 Å². The Hall–Kier alpha value is -2.64. The lowest BCUT2D eigenvalue weighted by Crippen LogP contribution is -2.31. The van der Waals surface area contributed by atoms with Crippen LogP contribution in [0.1, 0.15) is 21.7 Å². The molecule has 5 nitrogen and oxygen atoms in total. The lowest BCUT2D eigenvalue weighted by atomic mass is 10.1. The van der Waals surface area contributed by atoms with E-state index < -0.39 is 28.8 Å². The number of nitrogens with zero attached hydrogens (tertiary/aromatic N) is 3. The van der Waals surface area contributed by atoms with Gasteiger partial charge in [-0.3, -0.25) is 9.59 Å². The summed E-state index contributed by atoms with van der Waals surface area (Å²) >= 11 is 0. The van der Waals surface area contributed by atoms with Gasteiger partial charge >= 0.3 is 6.18 Å². The molecule has 2 aromatic rings. The van der Waals surface area contributed by atoms with Crippen molar-refractivity contribution in [3.63, 3.8) is 0 Å². The molecule has 1 aromatic carbocycles. The number of halogens is 3. The van der Waals surface area contributed by atoms with Crippen molar-refractivity contribution in [1.29, 1.82) is 0 Å². The zero-order valence-corrected chi connectivity index (χ0v) is 12.7. The second-order valence-electron chi connectivity index (χ2n) is 5.12. The number of carbonyl (C=O) groups is 1. The molecule has 0 atom stereocenters. The zero-order valence-electron chi connectivity index (χ0n) is 12.7. The molecule has 0 radical (unpaired) electrons. The van der Waals surface area contributed by atoms with Gasteiger partial charge in [0.25, 0.3) is 5.91 Å². The van der Waals surface area contributed by atoms with Crippen LogP contribution in [0.2, 0.25) is 0 Å². The topological polar surface area (TPSA) is 55.2 Å². The van der Waals surface area contributed by atoms with E-state index in [1.54, 1.807) is 0 Å². The van der Waals surface area contributed by atoms with E-state index in [4.69, 9.17) is 0 Å². The number of alkyl halides is 3. The highest BCUT2D eigenvalue weighted by molar-refractivity contribution is 5.91. The third-order valence-corrected chi connectivity index (χ3v) is 3.15. The van der Waals surface area contributed by atoms with Crippen molar-refractivity contribution in [1.82, 2.24) is 14.7 Å². The van der Waals surface area contributed by atoms with Crippen molar-refractivity contribution < 1.29 is 18.0 Å². The Morgan fingerprint density at radius 1 is 1.22 bits per heavy atom. The van der Waals surface area contributed by atoms with Crippen LogP contribution >= 0.6 is 0 Å². The molecule has 1 amide bonds. The fourth-order valence-electron chi connectivity index (χ4n) is 2.05. The number of aryl methyl sites for hydroxylation is 1. The van der Waals surface area contributed by atoms with Crippen molar-refractivity contribution >= 4 is 5.91 Å². The molecule has 122 valence electrons. The number of para-hydroxylation sites is 1. The summed E-state index contributed by atoms with van der Waals surface area (Å²) in [6, 6.07) is 5.93. The fraction of sp³-hybridized carbons (Fsp3) is 0.267. The van der Waals surface area contributed by atoms with E-state index in [-0.39, 0.29) is 11.4 Å². The largest absolute Gasteiger partial charge is 0.418 e. The summed E-state index contributed by atoms with van der Waals surface area (Å²) in [4.78, 5) is 25.0. The SMILES string of the molecule is Cc1cc(=O)c(C(=O)N(C)C)nn1-c1ccccc1C(F)(F)F. The highest BCUT2D eigenvalue weighted by atomic mass is 19.4. The van der Waals surface area contributed by atoms with Crippen LogP contribution < -0.4 is 5.43 Å². The first-order valence-electron chi connectivity index (χ1n) is 6.62. The molecule has 0 aliphatic rings. The molecule has 8 heteroatoms. The Balaban J connectivity index is 2.73. The normalized spacial score (nSPS) is 11.4. The van der Waals surface area contributed by atoms with Crippen molar-refractivity contribution in [2.24, 2.45) is 0 Å². The maximum absolute atomic E-state index is 13.2. The molecule has 0 aliphatic carbocycles. The van der Waals surface area contributed by atoms with Gasteiger partial charge in [-0.15, -0.1) is 0 Å². The van der Waals surface area contributed by atoms with Crippen LogP contribution in [-0.2, 0) is 6.18 Å². The van der Waals surface area contributed by atoms with Gasteiger partial charge < -0.3 is 4.90 Å². The predicted octanol–water partition coefficient (Wildman–Crippen LogP) is 2.26. The lowest BCUT2D eigenvalue weighted by molar-refractivity contribution is -0.137. The Morgan fingerprint density at radius 2 is 1.83 bits per heavy atom. The van der Waals surface area contributed by atoms with E-state index in [0.717, 1.165) is 21.7 Å². The average molecular weight is 325 g/mol. The van der Waals surface area contributed by atoms with Gasteiger partial charge in [-0.2, -0.15) is 18.3 Å². The van der Waals surface area contributed by atoms with E-state index in [9.17, 15) is 22.8 Å². The molecule has 0 aliphatic heterocycles. The highest BCUT2D eigenvalue weighted by Crippen LogP contribution is 2.33. The van der Waals surface area contributed by atoms with Crippen molar-refractivity contribution in [3.8, 4) is 5.69 Å². The molecule has 0 N–H and O–H groups in total. The summed E-state index contributed by atoms with van der Waals surface area (Å²) in [7, 11) is 2.86. The van der Waals surface area contributed by atoms with E-state index in [1.165, 1.54) is 39.2 Å². The number of hydrogen-bond acceptors (Lipinski definition) is 3. The van der Waals surface area contributed by atoms with Gasteiger partial charge in [-0.1, -0.05) is 12.1 Å². The Kier molecular flexibility index (Phi) is 4.26. The van der Waals surface area contributed by atoms with E-state index >= 15 is 0 Å². The highest BCUT2D eigenvalue weighted by Gasteiger charge is 2.34. The van der Waals surface area contributed by atoms with Gasteiger partial charge in [-0.25, -0.2) is 4.68 Å². The second-order valence-corrected chi connectivity index (χ2v) is 5.12. The molecule has 0 saturated carbocycles.